The fourth-order valence-corrected chi connectivity index (χ4v) is 2.94. The van der Waals surface area contributed by atoms with Crippen LogP contribution in [0.1, 0.15) is 43.6 Å². The van der Waals surface area contributed by atoms with Crippen molar-refractivity contribution in [3.63, 3.8) is 0 Å². The first-order valence-electron chi connectivity index (χ1n) is 7.62. The van der Waals surface area contributed by atoms with Crippen molar-refractivity contribution in [2.24, 2.45) is 0 Å². The lowest BCUT2D eigenvalue weighted by Crippen LogP contribution is -2.38. The van der Waals surface area contributed by atoms with Crippen molar-refractivity contribution in [3.8, 4) is 0 Å². The molecular formula is C16H29N3. The monoisotopic (exact) mass is 263 g/mol. The van der Waals surface area contributed by atoms with Crippen LogP contribution in [0.25, 0.3) is 0 Å². The van der Waals surface area contributed by atoms with E-state index in [0.29, 0.717) is 6.04 Å². The molecule has 0 aliphatic heterocycles. The van der Waals surface area contributed by atoms with E-state index in [9.17, 15) is 0 Å². The Morgan fingerprint density at radius 2 is 2.11 bits per heavy atom. The second-order valence-electron chi connectivity index (χ2n) is 6.02. The second kappa shape index (κ2) is 6.10. The Morgan fingerprint density at radius 3 is 2.63 bits per heavy atom. The summed E-state index contributed by atoms with van der Waals surface area (Å²) in [5.74, 6) is 0. The highest BCUT2D eigenvalue weighted by molar-refractivity contribution is 5.26. The van der Waals surface area contributed by atoms with Crippen LogP contribution in [0.4, 0.5) is 0 Å². The van der Waals surface area contributed by atoms with E-state index in [1.54, 1.807) is 0 Å². The molecule has 0 amide bonds. The number of nitrogens with one attached hydrogen (secondary N) is 1. The van der Waals surface area contributed by atoms with Gasteiger partial charge in [-0.25, -0.2) is 0 Å². The van der Waals surface area contributed by atoms with Crippen molar-refractivity contribution in [2.75, 3.05) is 13.6 Å². The lowest BCUT2D eigenvalue weighted by atomic mass is 10.2. The molecule has 1 aliphatic rings. The summed E-state index contributed by atoms with van der Waals surface area (Å²) in [5.41, 5.74) is 4.23. The summed E-state index contributed by atoms with van der Waals surface area (Å²) in [4.78, 5) is 2.52. The van der Waals surface area contributed by atoms with E-state index in [-0.39, 0.29) is 0 Å². The third kappa shape index (κ3) is 3.40. The molecule has 1 atom stereocenters. The lowest BCUT2D eigenvalue weighted by molar-refractivity contribution is 0.241. The van der Waals surface area contributed by atoms with Gasteiger partial charge in [0.05, 0.1) is 0 Å². The lowest BCUT2D eigenvalue weighted by Gasteiger charge is -2.24. The summed E-state index contributed by atoms with van der Waals surface area (Å²) in [7, 11) is 2.26. The van der Waals surface area contributed by atoms with Gasteiger partial charge in [-0.1, -0.05) is 0 Å². The summed E-state index contributed by atoms with van der Waals surface area (Å²) in [5, 5.41) is 3.62. The highest BCUT2D eigenvalue weighted by Crippen LogP contribution is 2.26. The third-order valence-corrected chi connectivity index (χ3v) is 4.57. The molecule has 1 N–H and O–H groups in total. The highest BCUT2D eigenvalue weighted by Gasteiger charge is 2.28. The van der Waals surface area contributed by atoms with Crippen molar-refractivity contribution in [3.05, 3.63) is 23.0 Å². The van der Waals surface area contributed by atoms with E-state index >= 15 is 0 Å². The van der Waals surface area contributed by atoms with E-state index in [4.69, 9.17) is 0 Å². The van der Waals surface area contributed by atoms with Crippen LogP contribution in [-0.2, 0) is 13.1 Å². The van der Waals surface area contributed by atoms with Crippen molar-refractivity contribution in [2.45, 2.75) is 65.7 Å². The Morgan fingerprint density at radius 1 is 1.42 bits per heavy atom. The fourth-order valence-electron chi connectivity index (χ4n) is 2.94. The molecular weight excluding hydrogens is 234 g/mol. The Kier molecular flexibility index (Phi) is 4.69. The molecule has 0 aromatic carbocycles. The minimum atomic E-state index is 0.627. The predicted octanol–water partition coefficient (Wildman–Crippen LogP) is 2.70. The van der Waals surface area contributed by atoms with Crippen LogP contribution in [0, 0.1) is 13.8 Å². The number of likely N-dealkylation sites (N-methyl/N-ethyl adjacent to an activating group) is 1. The average molecular weight is 263 g/mol. The average Bonchev–Trinajstić information content (AvgIpc) is 3.17. The van der Waals surface area contributed by atoms with Crippen LogP contribution < -0.4 is 5.32 Å². The summed E-state index contributed by atoms with van der Waals surface area (Å²) in [6, 6.07) is 3.80. The van der Waals surface area contributed by atoms with Gasteiger partial charge >= 0.3 is 0 Å². The van der Waals surface area contributed by atoms with Gasteiger partial charge in [0.15, 0.2) is 0 Å². The molecule has 1 fully saturated rings. The van der Waals surface area contributed by atoms with Gasteiger partial charge in [-0.15, -0.1) is 0 Å². The van der Waals surface area contributed by atoms with Gasteiger partial charge in [-0.05, 0) is 59.2 Å². The van der Waals surface area contributed by atoms with E-state index in [2.05, 4.69) is 55.6 Å². The standard InChI is InChI=1S/C16H29N3/c1-6-19-12(2)9-15(14(19)4)11-17-10-13(3)18(5)16-7-8-16/h9,13,16-17H,6-8,10-11H2,1-5H3. The van der Waals surface area contributed by atoms with Crippen LogP contribution in [0.3, 0.4) is 0 Å². The van der Waals surface area contributed by atoms with Gasteiger partial charge < -0.3 is 9.88 Å². The molecule has 0 spiro atoms. The van der Waals surface area contributed by atoms with Crippen LogP contribution >= 0.6 is 0 Å². The summed E-state index contributed by atoms with van der Waals surface area (Å²) >= 11 is 0. The summed E-state index contributed by atoms with van der Waals surface area (Å²) in [6.07, 6.45) is 2.77. The largest absolute Gasteiger partial charge is 0.349 e. The number of hydrogen-bond acceptors (Lipinski definition) is 2. The minimum Gasteiger partial charge on any atom is -0.349 e. The van der Waals surface area contributed by atoms with Gasteiger partial charge in [-0.3, -0.25) is 4.90 Å². The first kappa shape index (κ1) is 14.6. The molecule has 1 saturated carbocycles. The molecule has 3 heteroatoms. The van der Waals surface area contributed by atoms with Gasteiger partial charge in [0, 0.05) is 43.1 Å². The number of aromatic nitrogens is 1. The maximum atomic E-state index is 3.62. The molecule has 2 rings (SSSR count). The van der Waals surface area contributed by atoms with Gasteiger partial charge in [-0.2, -0.15) is 0 Å². The third-order valence-electron chi connectivity index (χ3n) is 4.57. The van der Waals surface area contributed by atoms with Crippen molar-refractivity contribution >= 4 is 0 Å². The fraction of sp³-hybridized carbons (Fsp3) is 0.750. The molecule has 0 bridgehead atoms. The van der Waals surface area contributed by atoms with E-state index < -0.39 is 0 Å². The van der Waals surface area contributed by atoms with Gasteiger partial charge in [0.25, 0.3) is 0 Å². The zero-order chi connectivity index (χ0) is 14.0. The topological polar surface area (TPSA) is 20.2 Å². The first-order valence-corrected chi connectivity index (χ1v) is 7.62. The van der Waals surface area contributed by atoms with Gasteiger partial charge in [0.1, 0.15) is 0 Å². The number of aryl methyl sites for hydroxylation is 1. The Labute approximate surface area is 118 Å². The summed E-state index contributed by atoms with van der Waals surface area (Å²) in [6.45, 7) is 12.1. The molecule has 1 heterocycles. The molecule has 19 heavy (non-hydrogen) atoms. The Hall–Kier alpha value is -0.800. The maximum Gasteiger partial charge on any atom is 0.0224 e. The smallest absolute Gasteiger partial charge is 0.0224 e. The van der Waals surface area contributed by atoms with Crippen LogP contribution in [0.2, 0.25) is 0 Å². The van der Waals surface area contributed by atoms with Crippen LogP contribution in [0.15, 0.2) is 6.07 Å². The molecule has 1 aromatic rings. The van der Waals surface area contributed by atoms with E-state index in [1.165, 1.54) is 29.8 Å². The van der Waals surface area contributed by atoms with Crippen LogP contribution in [0.5, 0.6) is 0 Å². The number of nitrogens with zero attached hydrogens (tertiary/aromatic N) is 2. The van der Waals surface area contributed by atoms with Crippen LogP contribution in [-0.4, -0.2) is 35.1 Å². The molecule has 108 valence electrons. The normalized spacial score (nSPS) is 17.2. The quantitative estimate of drug-likeness (QED) is 0.816. The Bertz CT molecular complexity index is 418. The van der Waals surface area contributed by atoms with Crippen molar-refractivity contribution < 1.29 is 0 Å². The number of rotatable bonds is 7. The second-order valence-corrected chi connectivity index (χ2v) is 6.02. The molecule has 1 aromatic heterocycles. The Balaban J connectivity index is 1.82. The molecule has 1 unspecified atom stereocenters. The molecule has 3 nitrogen and oxygen atoms in total. The summed E-state index contributed by atoms with van der Waals surface area (Å²) < 4.78 is 2.39. The maximum absolute atomic E-state index is 3.62. The minimum absolute atomic E-state index is 0.627. The van der Waals surface area contributed by atoms with Gasteiger partial charge in [0.2, 0.25) is 0 Å². The van der Waals surface area contributed by atoms with Crippen molar-refractivity contribution in [1.29, 1.82) is 0 Å². The van der Waals surface area contributed by atoms with E-state index in [1.807, 2.05) is 0 Å². The number of hydrogen-bond donors (Lipinski definition) is 1. The molecule has 0 saturated heterocycles. The van der Waals surface area contributed by atoms with Crippen molar-refractivity contribution in [1.82, 2.24) is 14.8 Å². The molecule has 0 radical (unpaired) electrons. The zero-order valence-corrected chi connectivity index (χ0v) is 13.2. The zero-order valence-electron chi connectivity index (χ0n) is 13.2. The first-order chi connectivity index (χ1) is 9.04. The SMILES string of the molecule is CCn1c(C)cc(CNCC(C)N(C)C2CC2)c1C. The predicted molar refractivity (Wildman–Crippen MR) is 81.5 cm³/mol. The van der Waals surface area contributed by atoms with E-state index in [0.717, 1.165) is 25.7 Å². The molecule has 1 aliphatic carbocycles. The highest BCUT2D eigenvalue weighted by atomic mass is 15.2.